The molecule has 44 heavy (non-hydrogen) atoms. The minimum Gasteiger partial charge on any atom is -0.408 e. The van der Waals surface area contributed by atoms with Crippen molar-refractivity contribution in [2.24, 2.45) is 0 Å². The number of phosphoric acid groups is 1. The number of nitrogen functional groups attached to an aromatic ring is 1. The Morgan fingerprint density at radius 3 is 2.25 bits per heavy atom. The van der Waals surface area contributed by atoms with Gasteiger partial charge in [0.25, 0.3) is 0 Å². The van der Waals surface area contributed by atoms with Crippen LogP contribution in [-0.4, -0.2) is 62.7 Å². The first-order valence-corrected chi connectivity index (χ1v) is 22.3. The molecule has 2 saturated heterocycles. The first-order valence-electron chi connectivity index (χ1n) is 15.1. The monoisotopic (exact) mass is 668 g/mol. The topological polar surface area (TPSA) is 146 Å². The molecule has 2 aliphatic rings. The van der Waals surface area contributed by atoms with Crippen molar-refractivity contribution in [3.8, 4) is 0 Å². The van der Waals surface area contributed by atoms with Crippen molar-refractivity contribution in [3.63, 3.8) is 0 Å². The number of rotatable bonds is 9. The third-order valence-corrected chi connectivity index (χ3v) is 19.6. The standard InChI is InChI=1S/C29H49N4O8PSi2/c1-28(2,3)43(7,8)40-24-22(19-37-42(35)36-17-14-21(39-42)20-12-11-15-31-18-20)38-26(33-16-13-23(30)32-27(33)34)25(24)41-44(9,10)29(4,5)6/h11-13,15-16,18,21-22,24-26H,14,17,19H2,1-10H3,(H2,30,32,34)/t21-,22+,24+,25-,26+,42+/m0/s1. The quantitative estimate of drug-likeness (QED) is 0.241. The molecule has 2 aromatic heterocycles. The highest BCUT2D eigenvalue weighted by Gasteiger charge is 2.55. The molecule has 246 valence electrons. The van der Waals surface area contributed by atoms with Crippen LogP contribution in [0.3, 0.4) is 0 Å². The molecule has 2 aromatic rings. The van der Waals surface area contributed by atoms with E-state index in [4.69, 9.17) is 32.9 Å². The van der Waals surface area contributed by atoms with E-state index in [1.165, 1.54) is 4.57 Å². The molecule has 0 aliphatic carbocycles. The second kappa shape index (κ2) is 12.8. The number of nitrogens with two attached hydrogens (primary N) is 1. The van der Waals surface area contributed by atoms with Crippen LogP contribution in [0.1, 0.15) is 65.9 Å². The summed E-state index contributed by atoms with van der Waals surface area (Å²) in [6.07, 6.45) is 1.88. The normalized spacial score (nSPS) is 28.7. The van der Waals surface area contributed by atoms with Gasteiger partial charge in [0.05, 0.1) is 19.3 Å². The van der Waals surface area contributed by atoms with Crippen molar-refractivity contribution in [3.05, 3.63) is 52.8 Å². The second-order valence-electron chi connectivity index (χ2n) is 14.5. The molecule has 0 unspecified atom stereocenters. The Balaban J connectivity index is 1.70. The summed E-state index contributed by atoms with van der Waals surface area (Å²) in [5.74, 6) is 0.105. The van der Waals surface area contributed by atoms with Crippen molar-refractivity contribution in [2.45, 2.75) is 115 Å². The zero-order valence-electron chi connectivity index (χ0n) is 27.6. The predicted octanol–water partition coefficient (Wildman–Crippen LogP) is 6.20. The van der Waals surface area contributed by atoms with Gasteiger partial charge in [-0.25, -0.2) is 9.36 Å². The Morgan fingerprint density at radius 2 is 1.68 bits per heavy atom. The number of nitrogens with zero attached hydrogens (tertiary/aromatic N) is 3. The van der Waals surface area contributed by atoms with Crippen LogP contribution in [0.5, 0.6) is 0 Å². The van der Waals surface area contributed by atoms with Crippen LogP contribution in [0, 0.1) is 0 Å². The molecule has 2 N–H and O–H groups in total. The summed E-state index contributed by atoms with van der Waals surface area (Å²) >= 11 is 0. The SMILES string of the molecule is CC(C)(C)[Si](C)(C)O[C@H]1[C@H](O[Si](C)(C)C(C)(C)C)[C@@H](CO[P@@]2(=O)OCC[C@@H](c3cccnc3)O2)O[C@H]1n1ccc(N)nc1=O. The summed E-state index contributed by atoms with van der Waals surface area (Å²) in [6, 6.07) is 5.20. The fourth-order valence-corrected chi connectivity index (χ4v) is 8.52. The van der Waals surface area contributed by atoms with E-state index in [2.05, 4.69) is 77.7 Å². The van der Waals surface area contributed by atoms with Gasteiger partial charge in [-0.15, -0.1) is 0 Å². The maximum absolute atomic E-state index is 13.7. The Labute approximate surface area is 262 Å². The molecule has 0 radical (unpaired) electrons. The van der Waals surface area contributed by atoms with Gasteiger partial charge in [-0.3, -0.25) is 23.1 Å². The Bertz CT molecular complexity index is 1400. The van der Waals surface area contributed by atoms with Gasteiger partial charge in [-0.2, -0.15) is 4.98 Å². The minimum atomic E-state index is -3.97. The predicted molar refractivity (Wildman–Crippen MR) is 173 cm³/mol. The summed E-state index contributed by atoms with van der Waals surface area (Å²) in [4.78, 5) is 21.2. The highest BCUT2D eigenvalue weighted by Crippen LogP contribution is 2.57. The van der Waals surface area contributed by atoms with Crippen LogP contribution < -0.4 is 11.4 Å². The molecule has 12 nitrogen and oxygen atoms in total. The van der Waals surface area contributed by atoms with E-state index in [0.717, 1.165) is 5.56 Å². The van der Waals surface area contributed by atoms with Gasteiger partial charge in [0.15, 0.2) is 22.9 Å². The summed E-state index contributed by atoms with van der Waals surface area (Å²) in [6.45, 7) is 21.5. The molecule has 6 atom stereocenters. The zero-order valence-corrected chi connectivity index (χ0v) is 30.5. The first-order chi connectivity index (χ1) is 20.2. The molecule has 2 fully saturated rings. The van der Waals surface area contributed by atoms with E-state index in [9.17, 15) is 9.36 Å². The van der Waals surface area contributed by atoms with E-state index >= 15 is 0 Å². The number of hydrogen-bond donors (Lipinski definition) is 1. The Morgan fingerprint density at radius 1 is 1.05 bits per heavy atom. The van der Waals surface area contributed by atoms with Crippen LogP contribution in [0.4, 0.5) is 5.82 Å². The van der Waals surface area contributed by atoms with E-state index in [0.29, 0.717) is 6.42 Å². The first kappa shape index (κ1) is 35.1. The van der Waals surface area contributed by atoms with Crippen LogP contribution >= 0.6 is 7.82 Å². The molecule has 2 aliphatic heterocycles. The van der Waals surface area contributed by atoms with Crippen molar-refractivity contribution in [1.29, 1.82) is 0 Å². The summed E-state index contributed by atoms with van der Waals surface area (Å²) < 4.78 is 53.1. The fraction of sp³-hybridized carbons (Fsp3) is 0.690. The highest BCUT2D eigenvalue weighted by molar-refractivity contribution is 7.48. The maximum atomic E-state index is 13.7. The van der Waals surface area contributed by atoms with E-state index in [1.54, 1.807) is 30.7 Å². The average Bonchev–Trinajstić information content (AvgIpc) is 3.22. The number of pyridine rings is 1. The average molecular weight is 669 g/mol. The van der Waals surface area contributed by atoms with Crippen molar-refractivity contribution < 1.29 is 31.7 Å². The number of anilines is 1. The molecule has 4 heterocycles. The number of hydrogen-bond acceptors (Lipinski definition) is 11. The van der Waals surface area contributed by atoms with Gasteiger partial charge in [0, 0.05) is 25.0 Å². The molecule has 4 rings (SSSR count). The summed E-state index contributed by atoms with van der Waals surface area (Å²) in [7, 11) is -8.84. The van der Waals surface area contributed by atoms with Crippen LogP contribution in [-0.2, 0) is 31.7 Å². The van der Waals surface area contributed by atoms with Crippen molar-refractivity contribution in [2.75, 3.05) is 18.9 Å². The molecule has 0 aromatic carbocycles. The number of phosphoric ester groups is 1. The largest absolute Gasteiger partial charge is 0.475 e. The lowest BCUT2D eigenvalue weighted by Crippen LogP contribution is -2.54. The van der Waals surface area contributed by atoms with E-state index in [1.807, 2.05) is 6.07 Å². The fourth-order valence-electron chi connectivity index (χ4n) is 4.52. The zero-order chi connectivity index (χ0) is 32.7. The van der Waals surface area contributed by atoms with Gasteiger partial charge in [-0.1, -0.05) is 47.6 Å². The highest BCUT2D eigenvalue weighted by atomic mass is 31.2. The second-order valence-corrected chi connectivity index (χ2v) is 25.7. The lowest BCUT2D eigenvalue weighted by atomic mass is 10.1. The van der Waals surface area contributed by atoms with Gasteiger partial charge in [0.1, 0.15) is 24.1 Å². The van der Waals surface area contributed by atoms with Crippen molar-refractivity contribution in [1.82, 2.24) is 14.5 Å². The van der Waals surface area contributed by atoms with Crippen molar-refractivity contribution >= 4 is 30.3 Å². The van der Waals surface area contributed by atoms with Gasteiger partial charge in [0.2, 0.25) is 0 Å². The van der Waals surface area contributed by atoms with Gasteiger partial charge >= 0.3 is 13.5 Å². The molecule has 0 saturated carbocycles. The van der Waals surface area contributed by atoms with Crippen LogP contribution in [0.15, 0.2) is 41.6 Å². The molecular weight excluding hydrogens is 619 g/mol. The Hall–Kier alpha value is -1.75. The Kier molecular flexibility index (Phi) is 10.2. The summed E-state index contributed by atoms with van der Waals surface area (Å²) in [5, 5.41) is -0.287. The maximum Gasteiger partial charge on any atom is 0.475 e. The smallest absolute Gasteiger partial charge is 0.408 e. The molecule has 0 spiro atoms. The number of ether oxygens (including phenoxy) is 1. The number of aromatic nitrogens is 3. The van der Waals surface area contributed by atoms with Gasteiger partial charge in [-0.05, 0) is 54.0 Å². The minimum absolute atomic E-state index is 0.105. The molecule has 15 heteroatoms. The summed E-state index contributed by atoms with van der Waals surface area (Å²) in [5.41, 5.74) is 6.03. The van der Waals surface area contributed by atoms with E-state index < -0.39 is 60.8 Å². The third-order valence-electron chi connectivity index (χ3n) is 9.22. The third kappa shape index (κ3) is 7.79. The van der Waals surface area contributed by atoms with Gasteiger partial charge < -0.3 is 19.3 Å². The molecular formula is C29H49N4O8PSi2. The lowest BCUT2D eigenvalue weighted by molar-refractivity contribution is -0.0592. The van der Waals surface area contributed by atoms with Crippen LogP contribution in [0.25, 0.3) is 0 Å². The van der Waals surface area contributed by atoms with E-state index in [-0.39, 0.29) is 29.1 Å². The lowest BCUT2D eigenvalue weighted by Gasteiger charge is -2.44. The molecule has 0 bridgehead atoms. The van der Waals surface area contributed by atoms with Crippen LogP contribution in [0.2, 0.25) is 36.3 Å². The molecule has 0 amide bonds.